The minimum atomic E-state index is -0.0690. The molecule has 0 radical (unpaired) electrons. The van der Waals surface area contributed by atoms with Crippen molar-refractivity contribution in [1.82, 2.24) is 15.0 Å². The number of hydrogen-bond acceptors (Lipinski definition) is 5. The zero-order valence-corrected chi connectivity index (χ0v) is 15.9. The summed E-state index contributed by atoms with van der Waals surface area (Å²) in [7, 11) is 0. The number of hydrogen-bond donors (Lipinski definition) is 1. The molecule has 2 aliphatic rings. The second-order valence-electron chi connectivity index (χ2n) is 7.53. The van der Waals surface area contributed by atoms with Crippen molar-refractivity contribution in [3.8, 4) is 0 Å². The van der Waals surface area contributed by atoms with Crippen LogP contribution in [-0.4, -0.2) is 47.4 Å². The molecule has 0 unspecified atom stereocenters. The molecule has 7 nitrogen and oxygen atoms in total. The van der Waals surface area contributed by atoms with Crippen LogP contribution < -0.4 is 5.32 Å². The van der Waals surface area contributed by atoms with Gasteiger partial charge in [0.2, 0.25) is 5.89 Å². The Morgan fingerprint density at radius 3 is 2.81 bits per heavy atom. The highest BCUT2D eigenvalue weighted by molar-refractivity contribution is 5.90. The zero-order chi connectivity index (χ0) is 18.9. The maximum absolute atomic E-state index is 13.0. The van der Waals surface area contributed by atoms with Crippen LogP contribution in [0, 0.1) is 12.3 Å². The van der Waals surface area contributed by atoms with Crippen molar-refractivity contribution in [2.75, 3.05) is 31.6 Å². The summed E-state index contributed by atoms with van der Waals surface area (Å²) in [4.78, 5) is 19.4. The third-order valence-corrected chi connectivity index (χ3v) is 5.90. The first-order valence-corrected chi connectivity index (χ1v) is 9.63. The van der Waals surface area contributed by atoms with Gasteiger partial charge in [-0.25, -0.2) is 4.79 Å². The van der Waals surface area contributed by atoms with Crippen LogP contribution in [0.15, 0.2) is 28.8 Å². The van der Waals surface area contributed by atoms with E-state index in [1.54, 1.807) is 0 Å². The van der Waals surface area contributed by atoms with Crippen LogP contribution in [0.2, 0.25) is 0 Å². The summed E-state index contributed by atoms with van der Waals surface area (Å²) in [6, 6.07) is 7.87. The minimum Gasteiger partial charge on any atom is -0.381 e. The lowest BCUT2D eigenvalue weighted by atomic mass is 9.72. The van der Waals surface area contributed by atoms with Gasteiger partial charge in [0.15, 0.2) is 5.82 Å². The van der Waals surface area contributed by atoms with Gasteiger partial charge in [0.25, 0.3) is 0 Å². The quantitative estimate of drug-likeness (QED) is 0.896. The van der Waals surface area contributed by atoms with E-state index < -0.39 is 0 Å². The molecule has 1 N–H and O–H groups in total. The van der Waals surface area contributed by atoms with Crippen molar-refractivity contribution in [2.24, 2.45) is 5.41 Å². The number of urea groups is 1. The van der Waals surface area contributed by atoms with E-state index in [-0.39, 0.29) is 17.4 Å². The highest BCUT2D eigenvalue weighted by Gasteiger charge is 2.51. The molecule has 2 amide bonds. The highest BCUT2D eigenvalue weighted by Crippen LogP contribution is 2.49. The lowest BCUT2D eigenvalue weighted by molar-refractivity contribution is 0.00959. The number of nitrogens with zero attached hydrogens (tertiary/aromatic N) is 3. The van der Waals surface area contributed by atoms with Gasteiger partial charge in [-0.05, 0) is 37.8 Å². The van der Waals surface area contributed by atoms with Gasteiger partial charge in [0.1, 0.15) is 0 Å². The van der Waals surface area contributed by atoms with Crippen LogP contribution in [0.5, 0.6) is 0 Å². The van der Waals surface area contributed by atoms with E-state index in [0.717, 1.165) is 30.5 Å². The number of nitrogens with one attached hydrogen (secondary N) is 1. The molecule has 144 valence electrons. The van der Waals surface area contributed by atoms with Gasteiger partial charge in [-0.15, -0.1) is 0 Å². The number of anilines is 1. The number of benzene rings is 1. The van der Waals surface area contributed by atoms with Crippen LogP contribution in [0.3, 0.4) is 0 Å². The van der Waals surface area contributed by atoms with Gasteiger partial charge in [0.05, 0.1) is 5.92 Å². The number of para-hydroxylation sites is 1. The number of likely N-dealkylation sites (tertiary alicyclic amines) is 1. The summed E-state index contributed by atoms with van der Waals surface area (Å²) in [5.74, 6) is 1.32. The minimum absolute atomic E-state index is 0.0507. The van der Waals surface area contributed by atoms with Crippen molar-refractivity contribution in [3.05, 3.63) is 41.5 Å². The van der Waals surface area contributed by atoms with E-state index in [9.17, 15) is 4.79 Å². The van der Waals surface area contributed by atoms with E-state index in [2.05, 4.69) is 22.4 Å². The molecule has 0 bridgehead atoms. The number of carbonyl (C=O) groups is 1. The topological polar surface area (TPSA) is 80.5 Å². The molecule has 7 heteroatoms. The molecule has 1 atom stereocenters. The Kier molecular flexibility index (Phi) is 4.86. The van der Waals surface area contributed by atoms with Gasteiger partial charge in [-0.3, -0.25) is 0 Å². The molecule has 2 saturated heterocycles. The van der Waals surface area contributed by atoms with E-state index in [4.69, 9.17) is 9.26 Å². The lowest BCUT2D eigenvalue weighted by Gasteiger charge is -2.36. The molecule has 27 heavy (non-hydrogen) atoms. The monoisotopic (exact) mass is 370 g/mol. The fraction of sp³-hybridized carbons (Fsp3) is 0.550. The van der Waals surface area contributed by atoms with Crippen LogP contribution in [-0.2, 0) is 11.2 Å². The molecule has 1 aromatic heterocycles. The van der Waals surface area contributed by atoms with Crippen molar-refractivity contribution in [2.45, 2.75) is 39.0 Å². The van der Waals surface area contributed by atoms with E-state index in [1.165, 1.54) is 0 Å². The largest absolute Gasteiger partial charge is 0.381 e. The lowest BCUT2D eigenvalue weighted by Crippen LogP contribution is -2.38. The normalized spacial score (nSPS) is 21.6. The molecule has 0 aliphatic carbocycles. The zero-order valence-electron chi connectivity index (χ0n) is 15.9. The van der Waals surface area contributed by atoms with Crippen LogP contribution in [0.4, 0.5) is 10.5 Å². The molecular weight excluding hydrogens is 344 g/mol. The Bertz CT molecular complexity index is 813. The fourth-order valence-electron chi connectivity index (χ4n) is 4.35. The molecule has 2 aliphatic heterocycles. The molecule has 2 fully saturated rings. The van der Waals surface area contributed by atoms with Gasteiger partial charge < -0.3 is 19.5 Å². The van der Waals surface area contributed by atoms with E-state index in [1.807, 2.05) is 36.1 Å². The summed E-state index contributed by atoms with van der Waals surface area (Å²) in [5, 5.41) is 7.05. The Hall–Kier alpha value is -2.41. The second kappa shape index (κ2) is 7.31. The van der Waals surface area contributed by atoms with Gasteiger partial charge in [-0.2, -0.15) is 4.98 Å². The molecule has 1 aromatic carbocycles. The third kappa shape index (κ3) is 3.43. The third-order valence-electron chi connectivity index (χ3n) is 5.90. The number of carbonyl (C=O) groups excluding carboxylic acids is 1. The number of rotatable bonds is 3. The predicted octanol–water partition coefficient (Wildman–Crippen LogP) is 3.37. The Morgan fingerprint density at radius 2 is 2.11 bits per heavy atom. The summed E-state index contributed by atoms with van der Waals surface area (Å²) in [6.45, 7) is 6.59. The van der Waals surface area contributed by atoms with Gasteiger partial charge in [0, 0.05) is 37.4 Å². The average molecular weight is 370 g/mol. The SMILES string of the molecule is CCc1ccccc1NC(=O)N1C[C@H](c2nc(C)no2)C2(CCOCC2)C1. The maximum Gasteiger partial charge on any atom is 0.321 e. The highest BCUT2D eigenvalue weighted by atomic mass is 16.5. The van der Waals surface area contributed by atoms with Crippen LogP contribution in [0.25, 0.3) is 0 Å². The number of ether oxygens (including phenoxy) is 1. The fourth-order valence-corrected chi connectivity index (χ4v) is 4.35. The molecule has 4 rings (SSSR count). The summed E-state index contributed by atoms with van der Waals surface area (Å²) in [6.07, 6.45) is 2.67. The van der Waals surface area contributed by atoms with Crippen molar-refractivity contribution in [1.29, 1.82) is 0 Å². The standard InChI is InChI=1S/C20H26N4O3/c1-3-15-6-4-5-7-17(15)22-19(25)24-12-16(18-21-14(2)23-27-18)20(13-24)8-10-26-11-9-20/h4-7,16H,3,8-13H2,1-2H3,(H,22,25)/t16-/m1/s1. The first-order chi connectivity index (χ1) is 13.1. The number of amides is 2. The molecular formula is C20H26N4O3. The number of aryl methyl sites for hydroxylation is 2. The smallest absolute Gasteiger partial charge is 0.321 e. The van der Waals surface area contributed by atoms with Crippen LogP contribution >= 0.6 is 0 Å². The summed E-state index contributed by atoms with van der Waals surface area (Å²) < 4.78 is 11.1. The molecule has 1 spiro atoms. The molecule has 3 heterocycles. The average Bonchev–Trinajstić information content (AvgIpc) is 3.26. The van der Waals surface area contributed by atoms with E-state index >= 15 is 0 Å². The van der Waals surface area contributed by atoms with Crippen molar-refractivity contribution >= 4 is 11.7 Å². The Labute approximate surface area is 159 Å². The first-order valence-electron chi connectivity index (χ1n) is 9.63. The van der Waals surface area contributed by atoms with Gasteiger partial charge in [-0.1, -0.05) is 30.3 Å². The first kappa shape index (κ1) is 18.0. The Morgan fingerprint density at radius 1 is 1.33 bits per heavy atom. The van der Waals surface area contributed by atoms with Crippen molar-refractivity contribution < 1.29 is 14.1 Å². The number of aromatic nitrogens is 2. The van der Waals surface area contributed by atoms with Crippen LogP contribution in [0.1, 0.15) is 43.0 Å². The van der Waals surface area contributed by atoms with E-state index in [0.29, 0.717) is 38.0 Å². The second-order valence-corrected chi connectivity index (χ2v) is 7.53. The van der Waals surface area contributed by atoms with Gasteiger partial charge >= 0.3 is 6.03 Å². The predicted molar refractivity (Wildman–Crippen MR) is 101 cm³/mol. The summed E-state index contributed by atoms with van der Waals surface area (Å²) in [5.41, 5.74) is 1.96. The Balaban J connectivity index is 1.56. The molecule has 0 saturated carbocycles. The summed E-state index contributed by atoms with van der Waals surface area (Å²) >= 11 is 0. The molecule has 2 aromatic rings. The maximum atomic E-state index is 13.0. The van der Waals surface area contributed by atoms with Crippen molar-refractivity contribution in [3.63, 3.8) is 0 Å².